The zero-order valence-corrected chi connectivity index (χ0v) is 15.6. The van der Waals surface area contributed by atoms with Gasteiger partial charge >= 0.3 is 0 Å². The van der Waals surface area contributed by atoms with Crippen LogP contribution in [-0.2, 0) is 20.7 Å². The Kier molecular flexibility index (Phi) is 5.86. The third kappa shape index (κ3) is 4.59. The summed E-state index contributed by atoms with van der Waals surface area (Å²) in [4.78, 5) is 0.202. The summed E-state index contributed by atoms with van der Waals surface area (Å²) in [5, 5.41) is 0. The second kappa shape index (κ2) is 8.30. The lowest BCUT2D eigenvalue weighted by molar-refractivity contribution is 0.312. The first-order chi connectivity index (χ1) is 12.6. The summed E-state index contributed by atoms with van der Waals surface area (Å²) in [5.41, 5.74) is 4.54. The van der Waals surface area contributed by atoms with Crippen molar-refractivity contribution in [1.29, 1.82) is 0 Å². The van der Waals surface area contributed by atoms with Crippen molar-refractivity contribution in [3.63, 3.8) is 0 Å². The number of aryl methyl sites for hydroxylation is 2. The minimum Gasteiger partial charge on any atom is -0.266 e. The molecule has 3 aromatic carbocycles. The third-order valence-corrected chi connectivity index (χ3v) is 5.57. The second-order valence-corrected chi connectivity index (χ2v) is 7.83. The molecule has 134 valence electrons. The van der Waals surface area contributed by atoms with E-state index in [1.165, 1.54) is 11.1 Å². The monoisotopic (exact) mass is 366 g/mol. The molecule has 0 amide bonds. The average Bonchev–Trinajstić information content (AvgIpc) is 2.67. The van der Waals surface area contributed by atoms with E-state index in [4.69, 9.17) is 4.18 Å². The third-order valence-electron chi connectivity index (χ3n) is 4.24. The molecule has 0 spiro atoms. The topological polar surface area (TPSA) is 43.4 Å². The van der Waals surface area contributed by atoms with Crippen molar-refractivity contribution >= 4 is 10.1 Å². The molecule has 3 rings (SSSR count). The van der Waals surface area contributed by atoms with E-state index in [0.717, 1.165) is 17.5 Å². The Morgan fingerprint density at radius 2 is 1.46 bits per heavy atom. The smallest absolute Gasteiger partial charge is 0.266 e. The number of benzene rings is 3. The van der Waals surface area contributed by atoms with Crippen molar-refractivity contribution < 1.29 is 12.6 Å². The zero-order chi connectivity index (χ0) is 18.4. The van der Waals surface area contributed by atoms with Crippen LogP contribution in [0, 0.1) is 6.92 Å². The lowest BCUT2D eigenvalue weighted by Gasteiger charge is -2.10. The van der Waals surface area contributed by atoms with Gasteiger partial charge in [0.2, 0.25) is 0 Å². The van der Waals surface area contributed by atoms with E-state index < -0.39 is 10.1 Å². The van der Waals surface area contributed by atoms with E-state index in [0.29, 0.717) is 6.42 Å². The minimum atomic E-state index is -3.69. The van der Waals surface area contributed by atoms with Crippen LogP contribution in [0.5, 0.6) is 0 Å². The highest BCUT2D eigenvalue weighted by atomic mass is 32.2. The Morgan fingerprint density at radius 3 is 2.19 bits per heavy atom. The van der Waals surface area contributed by atoms with Gasteiger partial charge < -0.3 is 0 Å². The van der Waals surface area contributed by atoms with Crippen LogP contribution in [0.4, 0.5) is 0 Å². The molecule has 0 N–H and O–H groups in total. The lowest BCUT2D eigenvalue weighted by Crippen LogP contribution is -2.08. The molecule has 26 heavy (non-hydrogen) atoms. The van der Waals surface area contributed by atoms with Gasteiger partial charge in [-0.1, -0.05) is 72.3 Å². The summed E-state index contributed by atoms with van der Waals surface area (Å²) in [7, 11) is -3.69. The van der Waals surface area contributed by atoms with Crippen LogP contribution in [0.15, 0.2) is 83.8 Å². The number of rotatable bonds is 7. The van der Waals surface area contributed by atoms with E-state index >= 15 is 0 Å². The fourth-order valence-electron chi connectivity index (χ4n) is 2.84. The van der Waals surface area contributed by atoms with E-state index in [1.54, 1.807) is 24.3 Å². The molecule has 0 aliphatic heterocycles. The van der Waals surface area contributed by atoms with Crippen molar-refractivity contribution in [2.75, 3.05) is 6.61 Å². The van der Waals surface area contributed by atoms with Gasteiger partial charge in [0.15, 0.2) is 0 Å². The second-order valence-electron chi connectivity index (χ2n) is 6.22. The van der Waals surface area contributed by atoms with Gasteiger partial charge in [0.1, 0.15) is 0 Å². The van der Waals surface area contributed by atoms with Crippen molar-refractivity contribution in [2.24, 2.45) is 0 Å². The highest BCUT2D eigenvalue weighted by Gasteiger charge is 2.14. The van der Waals surface area contributed by atoms with Crippen LogP contribution in [0.25, 0.3) is 11.1 Å². The highest BCUT2D eigenvalue weighted by molar-refractivity contribution is 7.86. The highest BCUT2D eigenvalue weighted by Crippen LogP contribution is 2.24. The molecule has 0 heterocycles. The van der Waals surface area contributed by atoms with Crippen LogP contribution >= 0.6 is 0 Å². The summed E-state index contributed by atoms with van der Waals surface area (Å²) in [5.74, 6) is 0. The Hall–Kier alpha value is -2.43. The van der Waals surface area contributed by atoms with Crippen molar-refractivity contribution in [2.45, 2.75) is 24.7 Å². The molecule has 0 saturated heterocycles. The van der Waals surface area contributed by atoms with Crippen molar-refractivity contribution in [3.8, 4) is 11.1 Å². The fourth-order valence-corrected chi connectivity index (χ4v) is 3.78. The first-order valence-corrected chi connectivity index (χ1v) is 10.1. The SMILES string of the molecule is Cc1ccc(S(=O)(=O)OCCCc2ccccc2-c2ccccc2)cc1. The molecule has 0 aliphatic rings. The molecule has 0 saturated carbocycles. The van der Waals surface area contributed by atoms with E-state index in [1.807, 2.05) is 37.3 Å². The minimum absolute atomic E-state index is 0.166. The average molecular weight is 366 g/mol. The number of hydrogen-bond donors (Lipinski definition) is 0. The van der Waals surface area contributed by atoms with Crippen LogP contribution in [-0.4, -0.2) is 15.0 Å². The molecule has 0 bridgehead atoms. The first kappa shape index (κ1) is 18.4. The molecule has 0 aliphatic carbocycles. The van der Waals surface area contributed by atoms with Gasteiger partial charge in [-0.25, -0.2) is 0 Å². The van der Waals surface area contributed by atoms with Crippen LogP contribution in [0.3, 0.4) is 0 Å². The van der Waals surface area contributed by atoms with Gasteiger partial charge in [-0.15, -0.1) is 0 Å². The predicted octanol–water partition coefficient (Wildman–Crippen LogP) is 5.00. The fraction of sp³-hybridized carbons (Fsp3) is 0.182. The Balaban J connectivity index is 1.62. The summed E-state index contributed by atoms with van der Waals surface area (Å²) in [6.45, 7) is 2.08. The maximum atomic E-state index is 12.2. The zero-order valence-electron chi connectivity index (χ0n) is 14.8. The van der Waals surface area contributed by atoms with Crippen molar-refractivity contribution in [1.82, 2.24) is 0 Å². The summed E-state index contributed by atoms with van der Waals surface area (Å²) in [6, 6.07) is 25.1. The molecule has 4 heteroatoms. The Labute approximate surface area is 155 Å². The molecule has 0 unspecified atom stereocenters. The van der Waals surface area contributed by atoms with Gasteiger partial charge in [0.05, 0.1) is 11.5 Å². The summed E-state index contributed by atoms with van der Waals surface area (Å²) < 4.78 is 29.6. The molecule has 0 radical (unpaired) electrons. The Bertz CT molecular complexity index is 946. The van der Waals surface area contributed by atoms with E-state index in [2.05, 4.69) is 24.3 Å². The maximum Gasteiger partial charge on any atom is 0.296 e. The van der Waals surface area contributed by atoms with Gasteiger partial charge in [-0.2, -0.15) is 8.42 Å². The summed E-state index contributed by atoms with van der Waals surface area (Å²) in [6.07, 6.45) is 1.39. The van der Waals surface area contributed by atoms with Crippen LogP contribution < -0.4 is 0 Å². The lowest BCUT2D eigenvalue weighted by atomic mass is 9.97. The number of hydrogen-bond acceptors (Lipinski definition) is 3. The van der Waals surface area contributed by atoms with E-state index in [-0.39, 0.29) is 11.5 Å². The normalized spacial score (nSPS) is 11.4. The predicted molar refractivity (Wildman–Crippen MR) is 105 cm³/mol. The standard InChI is InChI=1S/C22H22O3S/c1-18-13-15-21(16-14-18)26(23,24)25-17-7-11-20-10-5-6-12-22(20)19-8-3-2-4-9-19/h2-6,8-10,12-16H,7,11,17H2,1H3. The summed E-state index contributed by atoms with van der Waals surface area (Å²) >= 11 is 0. The van der Waals surface area contributed by atoms with E-state index in [9.17, 15) is 8.42 Å². The van der Waals surface area contributed by atoms with Crippen molar-refractivity contribution in [3.05, 3.63) is 90.0 Å². The van der Waals surface area contributed by atoms with Gasteiger partial charge in [0.25, 0.3) is 10.1 Å². The molecular formula is C22H22O3S. The molecular weight excluding hydrogens is 344 g/mol. The molecule has 0 aromatic heterocycles. The molecule has 0 atom stereocenters. The molecule has 3 aromatic rings. The van der Waals surface area contributed by atoms with Crippen LogP contribution in [0.1, 0.15) is 17.5 Å². The van der Waals surface area contributed by atoms with Crippen LogP contribution in [0.2, 0.25) is 0 Å². The first-order valence-electron chi connectivity index (χ1n) is 8.66. The largest absolute Gasteiger partial charge is 0.296 e. The molecule has 0 fully saturated rings. The van der Waals surface area contributed by atoms with Gasteiger partial charge in [-0.05, 0) is 48.6 Å². The quantitative estimate of drug-likeness (QED) is 0.436. The van der Waals surface area contributed by atoms with Gasteiger partial charge in [0, 0.05) is 0 Å². The van der Waals surface area contributed by atoms with Gasteiger partial charge in [-0.3, -0.25) is 4.18 Å². The molecule has 3 nitrogen and oxygen atoms in total. The maximum absolute atomic E-state index is 12.2. The Morgan fingerprint density at radius 1 is 0.808 bits per heavy atom.